The highest BCUT2D eigenvalue weighted by atomic mass is 16.6. The van der Waals surface area contributed by atoms with Crippen LogP contribution in [0.5, 0.6) is 0 Å². The molecule has 240 valence electrons. The second-order valence-electron chi connectivity index (χ2n) is 14.1. The minimum absolute atomic E-state index is 0.0175. The third kappa shape index (κ3) is 4.47. The highest BCUT2D eigenvalue weighted by molar-refractivity contribution is 5.95. The first-order valence-electron chi connectivity index (χ1n) is 15.3. The maximum atomic E-state index is 15.0. The lowest BCUT2D eigenvalue weighted by Crippen LogP contribution is -2.81. The molecular formula is C34H44O10. The number of hydrogen-bond donors (Lipinski definition) is 2. The number of fused-ring (bicyclic) bond motifs is 5. The van der Waals surface area contributed by atoms with E-state index in [0.29, 0.717) is 5.57 Å². The molecule has 1 saturated heterocycles. The summed E-state index contributed by atoms with van der Waals surface area (Å²) in [6, 6.07) is 8.30. The van der Waals surface area contributed by atoms with Crippen LogP contribution in [0.4, 0.5) is 0 Å². The Morgan fingerprint density at radius 1 is 1.02 bits per heavy atom. The van der Waals surface area contributed by atoms with Crippen molar-refractivity contribution in [1.29, 1.82) is 0 Å². The van der Waals surface area contributed by atoms with Gasteiger partial charge >= 0.3 is 17.9 Å². The number of carbonyl (C=O) groups is 4. The van der Waals surface area contributed by atoms with Gasteiger partial charge in [-0.15, -0.1) is 0 Å². The van der Waals surface area contributed by atoms with Gasteiger partial charge in [-0.1, -0.05) is 51.5 Å². The summed E-state index contributed by atoms with van der Waals surface area (Å²) in [5, 5.41) is 25.1. The van der Waals surface area contributed by atoms with Crippen LogP contribution in [0.3, 0.4) is 0 Å². The van der Waals surface area contributed by atoms with Crippen molar-refractivity contribution in [1.82, 2.24) is 0 Å². The number of allylic oxidation sites excluding steroid dienone is 1. The summed E-state index contributed by atoms with van der Waals surface area (Å²) < 4.78 is 24.1. The highest BCUT2D eigenvalue weighted by Gasteiger charge is 2.78. The second-order valence-corrected chi connectivity index (χ2v) is 14.1. The average molecular weight is 613 g/mol. The molecule has 9 atom stereocenters. The number of aliphatic hydroxyl groups is 2. The molecule has 0 spiro atoms. The Kier molecular flexibility index (Phi) is 7.91. The zero-order valence-electron chi connectivity index (χ0n) is 26.7. The zero-order chi connectivity index (χ0) is 32.6. The van der Waals surface area contributed by atoms with Crippen LogP contribution in [0.2, 0.25) is 0 Å². The molecule has 1 heterocycles. The smallest absolute Gasteiger partial charge is 0.338 e. The Hall–Kier alpha value is -3.08. The van der Waals surface area contributed by atoms with Crippen molar-refractivity contribution in [3.63, 3.8) is 0 Å². The molecule has 0 radical (unpaired) electrons. The Morgan fingerprint density at radius 2 is 1.66 bits per heavy atom. The van der Waals surface area contributed by atoms with Crippen molar-refractivity contribution in [3.05, 3.63) is 47.0 Å². The molecule has 1 aromatic carbocycles. The quantitative estimate of drug-likeness (QED) is 0.288. The van der Waals surface area contributed by atoms with Gasteiger partial charge in [0, 0.05) is 25.7 Å². The minimum Gasteiger partial charge on any atom is -0.455 e. The van der Waals surface area contributed by atoms with Gasteiger partial charge in [-0.2, -0.15) is 0 Å². The van der Waals surface area contributed by atoms with Crippen LogP contribution in [0, 0.1) is 28.6 Å². The lowest BCUT2D eigenvalue weighted by Gasteiger charge is -2.67. The molecule has 1 aliphatic heterocycles. The molecule has 0 aromatic heterocycles. The SMILES string of the molecule is CC(=O)O[C@H]1C(=O)[C@@]2(C)C(C(OC(=O)c3ccccc3)[C@]3(O)C[C@H](C(C)C)C(C)=C1C3(C)C)[C@@]1(OC(C)=O)CO[C@@H]1C[C@@H]2O. The standard InChI is InChI=1S/C34H44O10/c1-17(2)22-15-34(40)29(43-30(39)21-12-10-9-11-13-21)27-32(8,23(37)14-24-33(27,16-41-24)44-20(5)36)28(38)26(42-19(4)35)25(18(22)3)31(34,6)7/h9-13,17,22-24,26-27,29,37,40H,14-16H2,1-8H3/t22-,23+,24-,26-,27?,29?,32-,33-,34-/m1/s1. The van der Waals surface area contributed by atoms with E-state index < -0.39 is 76.1 Å². The van der Waals surface area contributed by atoms with Gasteiger partial charge < -0.3 is 29.2 Å². The predicted octanol–water partition coefficient (Wildman–Crippen LogP) is 3.56. The Bertz CT molecular complexity index is 1400. The fourth-order valence-electron chi connectivity index (χ4n) is 8.70. The molecule has 2 unspecified atom stereocenters. The lowest BCUT2D eigenvalue weighted by molar-refractivity contribution is -0.345. The van der Waals surface area contributed by atoms with Gasteiger partial charge in [0.05, 0.1) is 29.6 Å². The molecule has 10 heteroatoms. The van der Waals surface area contributed by atoms with Crippen LogP contribution >= 0.6 is 0 Å². The maximum Gasteiger partial charge on any atom is 0.338 e. The van der Waals surface area contributed by atoms with Gasteiger partial charge in [0.25, 0.3) is 0 Å². The zero-order valence-corrected chi connectivity index (χ0v) is 26.7. The average Bonchev–Trinajstić information content (AvgIpc) is 2.93. The number of hydrogen-bond acceptors (Lipinski definition) is 10. The normalized spacial score (nSPS) is 39.2. The van der Waals surface area contributed by atoms with Gasteiger partial charge in [0.15, 0.2) is 17.5 Å². The largest absolute Gasteiger partial charge is 0.455 e. The molecule has 44 heavy (non-hydrogen) atoms. The number of rotatable bonds is 5. The van der Waals surface area contributed by atoms with Crippen LogP contribution in [0.15, 0.2) is 41.5 Å². The second kappa shape index (κ2) is 10.8. The first-order valence-corrected chi connectivity index (χ1v) is 15.3. The molecular weight excluding hydrogens is 568 g/mol. The number of aliphatic hydroxyl groups excluding tert-OH is 1. The van der Waals surface area contributed by atoms with Gasteiger partial charge in [-0.05, 0) is 49.8 Å². The molecule has 0 amide bonds. The third-order valence-corrected chi connectivity index (χ3v) is 11.1. The summed E-state index contributed by atoms with van der Waals surface area (Å²) in [6.07, 6.45) is -5.04. The summed E-state index contributed by atoms with van der Waals surface area (Å²) in [4.78, 5) is 54.2. The van der Waals surface area contributed by atoms with E-state index in [2.05, 4.69) is 0 Å². The van der Waals surface area contributed by atoms with Crippen LogP contribution in [-0.2, 0) is 33.3 Å². The van der Waals surface area contributed by atoms with Crippen molar-refractivity contribution in [3.8, 4) is 0 Å². The molecule has 3 fully saturated rings. The summed E-state index contributed by atoms with van der Waals surface area (Å²) in [7, 11) is 0. The molecule has 4 aliphatic rings. The van der Waals surface area contributed by atoms with Crippen LogP contribution in [-0.4, -0.2) is 76.1 Å². The molecule has 5 rings (SSSR count). The maximum absolute atomic E-state index is 15.0. The Morgan fingerprint density at radius 3 is 2.18 bits per heavy atom. The van der Waals surface area contributed by atoms with Gasteiger partial charge in [-0.3, -0.25) is 14.4 Å². The monoisotopic (exact) mass is 612 g/mol. The van der Waals surface area contributed by atoms with E-state index in [0.717, 1.165) is 5.57 Å². The molecule has 1 aromatic rings. The molecule has 10 nitrogen and oxygen atoms in total. The van der Waals surface area contributed by atoms with E-state index in [-0.39, 0.29) is 36.8 Å². The fourth-order valence-corrected chi connectivity index (χ4v) is 8.70. The third-order valence-electron chi connectivity index (χ3n) is 11.1. The summed E-state index contributed by atoms with van der Waals surface area (Å²) in [5.74, 6) is -4.28. The number of Topliss-reactive ketones (excluding diaryl/α,β-unsaturated/α-hetero) is 1. The van der Waals surface area contributed by atoms with Crippen molar-refractivity contribution >= 4 is 23.7 Å². The van der Waals surface area contributed by atoms with Gasteiger partial charge in [0.2, 0.25) is 0 Å². The van der Waals surface area contributed by atoms with Gasteiger partial charge in [-0.25, -0.2) is 4.79 Å². The van der Waals surface area contributed by atoms with Crippen LogP contribution < -0.4 is 0 Å². The van der Waals surface area contributed by atoms with E-state index >= 15 is 4.79 Å². The summed E-state index contributed by atoms with van der Waals surface area (Å²) in [5.41, 5.74) is -5.05. The number of carbonyl (C=O) groups excluding carboxylic acids is 4. The van der Waals surface area contributed by atoms with Crippen LogP contribution in [0.1, 0.15) is 78.6 Å². The molecule has 3 aliphatic carbocycles. The van der Waals surface area contributed by atoms with Gasteiger partial charge in [0.1, 0.15) is 17.8 Å². The first-order chi connectivity index (χ1) is 20.4. The van der Waals surface area contributed by atoms with E-state index in [9.17, 15) is 24.6 Å². The fraction of sp³-hybridized carbons (Fsp3) is 0.647. The van der Waals surface area contributed by atoms with Crippen LogP contribution in [0.25, 0.3) is 0 Å². The first kappa shape index (κ1) is 32.3. The van der Waals surface area contributed by atoms with E-state index in [1.807, 2.05) is 20.8 Å². The molecule has 2 N–H and O–H groups in total. The van der Waals surface area contributed by atoms with E-state index in [1.165, 1.54) is 20.8 Å². The van der Waals surface area contributed by atoms with E-state index in [4.69, 9.17) is 18.9 Å². The summed E-state index contributed by atoms with van der Waals surface area (Å²) >= 11 is 0. The van der Waals surface area contributed by atoms with Crippen molar-refractivity contribution < 1.29 is 48.3 Å². The molecule has 2 bridgehead atoms. The summed E-state index contributed by atoms with van der Waals surface area (Å²) in [6.45, 7) is 13.2. The predicted molar refractivity (Wildman–Crippen MR) is 157 cm³/mol. The highest BCUT2D eigenvalue weighted by Crippen LogP contribution is 2.65. The Balaban J connectivity index is 1.87. The molecule has 2 saturated carbocycles. The number of ether oxygens (including phenoxy) is 4. The van der Waals surface area contributed by atoms with Crippen molar-refractivity contribution in [2.45, 2.75) is 104 Å². The van der Waals surface area contributed by atoms with Crippen molar-refractivity contribution in [2.75, 3.05) is 6.61 Å². The lowest BCUT2D eigenvalue weighted by atomic mass is 9.44. The number of benzene rings is 1. The minimum atomic E-state index is -1.88. The number of ketones is 1. The topological polar surface area (TPSA) is 146 Å². The van der Waals surface area contributed by atoms with E-state index in [1.54, 1.807) is 44.2 Å². The number of esters is 3. The van der Waals surface area contributed by atoms with Crippen molar-refractivity contribution in [2.24, 2.45) is 28.6 Å². The Labute approximate surface area is 258 Å².